The van der Waals surface area contributed by atoms with Crippen LogP contribution in [0.2, 0.25) is 0 Å². The van der Waals surface area contributed by atoms with E-state index < -0.39 is 11.7 Å². The van der Waals surface area contributed by atoms with Gasteiger partial charge in [0.05, 0.1) is 6.04 Å². The zero-order valence-electron chi connectivity index (χ0n) is 13.3. The standard InChI is InChI=1S/C16H21FN2O3/c1-11-9-18(15(21)22-16(2,3)4)10-14(20)19(11)13-7-5-12(17)6-8-13/h5-8,11H,9-10H2,1-4H3. The molecule has 1 aromatic rings. The van der Waals surface area contributed by atoms with Crippen molar-refractivity contribution in [3.8, 4) is 0 Å². The minimum Gasteiger partial charge on any atom is -0.444 e. The number of anilines is 1. The molecule has 5 nitrogen and oxygen atoms in total. The molecular formula is C16H21FN2O3. The van der Waals surface area contributed by atoms with E-state index in [4.69, 9.17) is 4.74 Å². The largest absolute Gasteiger partial charge is 0.444 e. The minimum atomic E-state index is -0.600. The van der Waals surface area contributed by atoms with Crippen molar-refractivity contribution in [1.82, 2.24) is 4.90 Å². The number of nitrogens with zero attached hydrogens (tertiary/aromatic N) is 2. The fourth-order valence-electron chi connectivity index (χ4n) is 2.42. The van der Waals surface area contributed by atoms with Gasteiger partial charge in [-0.2, -0.15) is 0 Å². The predicted octanol–water partition coefficient (Wildman–Crippen LogP) is 2.80. The van der Waals surface area contributed by atoms with Crippen LogP contribution in [0.15, 0.2) is 24.3 Å². The van der Waals surface area contributed by atoms with Crippen LogP contribution in [-0.4, -0.2) is 41.6 Å². The van der Waals surface area contributed by atoms with Crippen molar-refractivity contribution in [3.05, 3.63) is 30.1 Å². The van der Waals surface area contributed by atoms with E-state index in [1.165, 1.54) is 17.0 Å². The number of carbonyl (C=O) groups is 2. The van der Waals surface area contributed by atoms with E-state index >= 15 is 0 Å². The Labute approximate surface area is 129 Å². The van der Waals surface area contributed by atoms with E-state index in [0.29, 0.717) is 12.2 Å². The van der Waals surface area contributed by atoms with Gasteiger partial charge in [0.1, 0.15) is 18.0 Å². The maximum atomic E-state index is 13.0. The highest BCUT2D eigenvalue weighted by atomic mass is 19.1. The third kappa shape index (κ3) is 3.75. The molecule has 0 aliphatic carbocycles. The second-order valence-corrected chi connectivity index (χ2v) is 6.45. The summed E-state index contributed by atoms with van der Waals surface area (Å²) in [7, 11) is 0. The van der Waals surface area contributed by atoms with E-state index in [-0.39, 0.29) is 24.3 Å². The molecule has 6 heteroatoms. The van der Waals surface area contributed by atoms with E-state index in [2.05, 4.69) is 0 Å². The van der Waals surface area contributed by atoms with Crippen molar-refractivity contribution < 1.29 is 18.7 Å². The fraction of sp³-hybridized carbons (Fsp3) is 0.500. The first kappa shape index (κ1) is 16.3. The van der Waals surface area contributed by atoms with Crippen LogP contribution in [0, 0.1) is 5.82 Å². The summed E-state index contributed by atoms with van der Waals surface area (Å²) in [6.07, 6.45) is -0.494. The molecule has 2 rings (SSSR count). The van der Waals surface area contributed by atoms with Gasteiger partial charge in [0.15, 0.2) is 0 Å². The summed E-state index contributed by atoms with van der Waals surface area (Å²) in [5.74, 6) is -0.563. The van der Waals surface area contributed by atoms with Crippen LogP contribution in [-0.2, 0) is 9.53 Å². The monoisotopic (exact) mass is 308 g/mol. The number of benzene rings is 1. The Morgan fingerprint density at radius 1 is 1.27 bits per heavy atom. The van der Waals surface area contributed by atoms with Crippen LogP contribution in [0.5, 0.6) is 0 Å². The number of halogens is 1. The molecule has 0 aromatic heterocycles. The first-order chi connectivity index (χ1) is 10.2. The van der Waals surface area contributed by atoms with Crippen LogP contribution < -0.4 is 4.90 Å². The number of hydrogen-bond acceptors (Lipinski definition) is 3. The lowest BCUT2D eigenvalue weighted by molar-refractivity contribution is -0.122. The Kier molecular flexibility index (Phi) is 4.39. The molecule has 0 saturated carbocycles. The van der Waals surface area contributed by atoms with Gasteiger partial charge in [-0.25, -0.2) is 9.18 Å². The maximum Gasteiger partial charge on any atom is 0.410 e. The van der Waals surface area contributed by atoms with Crippen LogP contribution in [0.3, 0.4) is 0 Å². The molecule has 1 heterocycles. The van der Waals surface area contributed by atoms with Crippen LogP contribution >= 0.6 is 0 Å². The number of piperazine rings is 1. The molecule has 0 spiro atoms. The van der Waals surface area contributed by atoms with Gasteiger partial charge in [0.25, 0.3) is 0 Å². The van der Waals surface area contributed by atoms with E-state index in [1.807, 2.05) is 6.92 Å². The molecule has 0 bridgehead atoms. The number of carbonyl (C=O) groups excluding carboxylic acids is 2. The molecule has 120 valence electrons. The Bertz CT molecular complexity index is 566. The average molecular weight is 308 g/mol. The van der Waals surface area contributed by atoms with Crippen LogP contribution in [0.4, 0.5) is 14.9 Å². The van der Waals surface area contributed by atoms with Gasteiger partial charge < -0.3 is 9.64 Å². The molecule has 22 heavy (non-hydrogen) atoms. The molecule has 1 atom stereocenters. The lowest BCUT2D eigenvalue weighted by atomic mass is 10.1. The second kappa shape index (κ2) is 5.94. The molecule has 0 N–H and O–H groups in total. The Balaban J connectivity index is 2.10. The summed E-state index contributed by atoms with van der Waals surface area (Å²) >= 11 is 0. The SMILES string of the molecule is CC1CN(C(=O)OC(C)(C)C)CC(=O)N1c1ccc(F)cc1. The highest BCUT2D eigenvalue weighted by molar-refractivity contribution is 5.97. The van der Waals surface area contributed by atoms with Crippen molar-refractivity contribution in [2.45, 2.75) is 39.3 Å². The van der Waals surface area contributed by atoms with Gasteiger partial charge in [-0.05, 0) is 52.0 Å². The van der Waals surface area contributed by atoms with Crippen molar-refractivity contribution >= 4 is 17.7 Å². The second-order valence-electron chi connectivity index (χ2n) is 6.45. The Morgan fingerprint density at radius 3 is 2.36 bits per heavy atom. The number of amides is 2. The fourth-order valence-corrected chi connectivity index (χ4v) is 2.42. The van der Waals surface area contributed by atoms with E-state index in [9.17, 15) is 14.0 Å². The lowest BCUT2D eigenvalue weighted by Crippen LogP contribution is -2.57. The molecule has 1 fully saturated rings. The van der Waals surface area contributed by atoms with Crippen molar-refractivity contribution in [2.75, 3.05) is 18.0 Å². The van der Waals surface area contributed by atoms with Gasteiger partial charge >= 0.3 is 6.09 Å². The maximum absolute atomic E-state index is 13.0. The molecular weight excluding hydrogens is 287 g/mol. The van der Waals surface area contributed by atoms with Crippen LogP contribution in [0.1, 0.15) is 27.7 Å². The van der Waals surface area contributed by atoms with E-state index in [0.717, 1.165) is 0 Å². The molecule has 1 unspecified atom stereocenters. The van der Waals surface area contributed by atoms with Gasteiger partial charge in [-0.3, -0.25) is 9.69 Å². The highest BCUT2D eigenvalue weighted by Gasteiger charge is 2.35. The van der Waals surface area contributed by atoms with Gasteiger partial charge in [-0.15, -0.1) is 0 Å². The first-order valence-electron chi connectivity index (χ1n) is 7.23. The topological polar surface area (TPSA) is 49.9 Å². The summed E-state index contributed by atoms with van der Waals surface area (Å²) in [5, 5.41) is 0. The van der Waals surface area contributed by atoms with Crippen molar-refractivity contribution in [1.29, 1.82) is 0 Å². The van der Waals surface area contributed by atoms with Gasteiger partial charge in [0, 0.05) is 12.2 Å². The lowest BCUT2D eigenvalue weighted by Gasteiger charge is -2.39. The molecule has 1 saturated heterocycles. The smallest absolute Gasteiger partial charge is 0.410 e. The first-order valence-corrected chi connectivity index (χ1v) is 7.23. The highest BCUT2D eigenvalue weighted by Crippen LogP contribution is 2.23. The zero-order valence-corrected chi connectivity index (χ0v) is 13.3. The van der Waals surface area contributed by atoms with Crippen LogP contribution in [0.25, 0.3) is 0 Å². The molecule has 1 aromatic carbocycles. The number of rotatable bonds is 1. The summed E-state index contributed by atoms with van der Waals surface area (Å²) in [6.45, 7) is 7.52. The summed E-state index contributed by atoms with van der Waals surface area (Å²) in [5.41, 5.74) is 0.0278. The van der Waals surface area contributed by atoms with Crippen molar-refractivity contribution in [3.63, 3.8) is 0 Å². The Morgan fingerprint density at radius 2 is 1.86 bits per heavy atom. The predicted molar refractivity (Wildman–Crippen MR) is 81.2 cm³/mol. The molecule has 1 aliphatic heterocycles. The summed E-state index contributed by atoms with van der Waals surface area (Å²) in [6, 6.07) is 5.55. The van der Waals surface area contributed by atoms with Gasteiger partial charge in [-0.1, -0.05) is 0 Å². The normalized spacial score (nSPS) is 19.3. The van der Waals surface area contributed by atoms with E-state index in [1.54, 1.807) is 37.8 Å². The molecule has 0 radical (unpaired) electrons. The number of ether oxygens (including phenoxy) is 1. The third-order valence-corrected chi connectivity index (χ3v) is 3.28. The quantitative estimate of drug-likeness (QED) is 0.801. The summed E-state index contributed by atoms with van der Waals surface area (Å²) < 4.78 is 18.3. The average Bonchev–Trinajstić information content (AvgIpc) is 2.38. The number of hydrogen-bond donors (Lipinski definition) is 0. The third-order valence-electron chi connectivity index (χ3n) is 3.28. The van der Waals surface area contributed by atoms with Gasteiger partial charge in [0.2, 0.25) is 5.91 Å². The molecule has 2 amide bonds. The minimum absolute atomic E-state index is 0.0450. The zero-order chi connectivity index (χ0) is 16.5. The summed E-state index contributed by atoms with van der Waals surface area (Å²) in [4.78, 5) is 27.4. The Hall–Kier alpha value is -2.11. The van der Waals surface area contributed by atoms with Crippen molar-refractivity contribution in [2.24, 2.45) is 0 Å². The molecule has 1 aliphatic rings.